The molecule has 0 aromatic heterocycles. The molecule has 3 nitrogen and oxygen atoms in total. The third-order valence-corrected chi connectivity index (χ3v) is 3.91. The predicted molar refractivity (Wildman–Crippen MR) is 68.3 cm³/mol. The Morgan fingerprint density at radius 3 is 2.62 bits per heavy atom. The molecule has 3 N–H and O–H groups in total. The van der Waals surface area contributed by atoms with E-state index in [0.717, 1.165) is 18.9 Å². The molecule has 96 valence electrons. The van der Waals surface area contributed by atoms with Crippen LogP contribution in [0, 0.1) is 5.92 Å². The Kier molecular flexibility index (Phi) is 4.77. The molecular weight excluding hydrogens is 200 g/mol. The van der Waals surface area contributed by atoms with Gasteiger partial charge in [-0.3, -0.25) is 4.90 Å². The Bertz CT molecular complexity index is 218. The fourth-order valence-electron chi connectivity index (χ4n) is 2.77. The highest BCUT2D eigenvalue weighted by atomic mass is 16.3. The lowest BCUT2D eigenvalue weighted by atomic mass is 9.90. The number of piperidine rings is 1. The molecule has 1 heterocycles. The van der Waals surface area contributed by atoms with Crippen molar-refractivity contribution < 1.29 is 5.11 Å². The van der Waals surface area contributed by atoms with Gasteiger partial charge in [0.15, 0.2) is 0 Å². The van der Waals surface area contributed by atoms with Gasteiger partial charge in [-0.25, -0.2) is 0 Å². The molecule has 4 atom stereocenters. The molecule has 1 rings (SSSR count). The van der Waals surface area contributed by atoms with E-state index in [9.17, 15) is 5.11 Å². The molecule has 0 bridgehead atoms. The maximum Gasteiger partial charge on any atom is 0.0756 e. The zero-order valence-electron chi connectivity index (χ0n) is 11.2. The fraction of sp³-hybridized carbons (Fsp3) is 1.00. The van der Waals surface area contributed by atoms with Crippen LogP contribution < -0.4 is 5.73 Å². The lowest BCUT2D eigenvalue weighted by molar-refractivity contribution is 0.00523. The van der Waals surface area contributed by atoms with Crippen molar-refractivity contribution in [1.29, 1.82) is 0 Å². The summed E-state index contributed by atoms with van der Waals surface area (Å²) in [6.07, 6.45) is 3.37. The molecule has 1 fully saturated rings. The number of aliphatic hydroxyl groups is 1. The molecular formula is C13H28N2O. The van der Waals surface area contributed by atoms with Crippen molar-refractivity contribution in [3.8, 4) is 0 Å². The molecule has 16 heavy (non-hydrogen) atoms. The van der Waals surface area contributed by atoms with Gasteiger partial charge in [-0.05, 0) is 46.0 Å². The van der Waals surface area contributed by atoms with Crippen molar-refractivity contribution in [2.24, 2.45) is 11.7 Å². The van der Waals surface area contributed by atoms with E-state index in [1.54, 1.807) is 0 Å². The van der Waals surface area contributed by atoms with Crippen molar-refractivity contribution in [3.05, 3.63) is 0 Å². The van der Waals surface area contributed by atoms with Crippen LogP contribution in [-0.4, -0.2) is 40.8 Å². The summed E-state index contributed by atoms with van der Waals surface area (Å²) in [6.45, 7) is 10.1. The molecule has 0 spiro atoms. The largest absolute Gasteiger partial charge is 0.389 e. The lowest BCUT2D eigenvalue weighted by Gasteiger charge is -2.42. The molecule has 0 aromatic carbocycles. The molecule has 0 amide bonds. The topological polar surface area (TPSA) is 49.5 Å². The van der Waals surface area contributed by atoms with Gasteiger partial charge >= 0.3 is 0 Å². The van der Waals surface area contributed by atoms with Crippen LogP contribution in [0.2, 0.25) is 0 Å². The van der Waals surface area contributed by atoms with Crippen LogP contribution in [0.3, 0.4) is 0 Å². The van der Waals surface area contributed by atoms with Gasteiger partial charge in [-0.1, -0.05) is 6.92 Å². The SMILES string of the molecule is CC1CCC(C)N(C(C)CC(C)(O)CN)C1. The zero-order valence-corrected chi connectivity index (χ0v) is 11.2. The standard InChI is InChI=1S/C13H28N2O/c1-10-5-6-11(2)15(8-10)12(3)7-13(4,16)9-14/h10-12,16H,5-9,14H2,1-4H3. The highest BCUT2D eigenvalue weighted by Crippen LogP contribution is 2.26. The first-order chi connectivity index (χ1) is 7.35. The van der Waals surface area contributed by atoms with Crippen LogP contribution in [0.4, 0.5) is 0 Å². The Morgan fingerprint density at radius 1 is 1.44 bits per heavy atom. The summed E-state index contributed by atoms with van der Waals surface area (Å²) in [6, 6.07) is 1.05. The molecule has 0 saturated carbocycles. The van der Waals surface area contributed by atoms with Gasteiger partial charge < -0.3 is 10.8 Å². The van der Waals surface area contributed by atoms with Crippen molar-refractivity contribution in [2.75, 3.05) is 13.1 Å². The number of hydrogen-bond acceptors (Lipinski definition) is 3. The average Bonchev–Trinajstić information content (AvgIpc) is 2.21. The van der Waals surface area contributed by atoms with Crippen molar-refractivity contribution in [3.63, 3.8) is 0 Å². The van der Waals surface area contributed by atoms with Gasteiger partial charge in [0.25, 0.3) is 0 Å². The van der Waals surface area contributed by atoms with E-state index in [0.29, 0.717) is 18.6 Å². The molecule has 1 aliphatic heterocycles. The lowest BCUT2D eigenvalue weighted by Crippen LogP contribution is -2.50. The molecule has 4 unspecified atom stereocenters. The summed E-state index contributed by atoms with van der Waals surface area (Å²) in [5, 5.41) is 10.0. The first-order valence-electron chi connectivity index (χ1n) is 6.54. The van der Waals surface area contributed by atoms with Crippen molar-refractivity contribution in [1.82, 2.24) is 4.90 Å². The van der Waals surface area contributed by atoms with E-state index in [-0.39, 0.29) is 0 Å². The van der Waals surface area contributed by atoms with Crippen LogP contribution in [-0.2, 0) is 0 Å². The second-order valence-electron chi connectivity index (χ2n) is 5.98. The molecule has 1 aliphatic rings. The van der Waals surface area contributed by atoms with Crippen LogP contribution in [0.25, 0.3) is 0 Å². The number of nitrogens with zero attached hydrogens (tertiary/aromatic N) is 1. The normalized spacial score (nSPS) is 33.4. The molecule has 0 aliphatic carbocycles. The van der Waals surface area contributed by atoms with Gasteiger partial charge in [0.1, 0.15) is 0 Å². The Morgan fingerprint density at radius 2 is 2.06 bits per heavy atom. The number of rotatable bonds is 4. The third-order valence-electron chi connectivity index (χ3n) is 3.91. The highest BCUT2D eigenvalue weighted by Gasteiger charge is 2.30. The van der Waals surface area contributed by atoms with Crippen molar-refractivity contribution in [2.45, 2.75) is 64.6 Å². The summed E-state index contributed by atoms with van der Waals surface area (Å²) in [4.78, 5) is 2.53. The maximum absolute atomic E-state index is 10.0. The Labute approximate surface area is 100 Å². The first-order valence-corrected chi connectivity index (χ1v) is 6.54. The van der Waals surface area contributed by atoms with Crippen LogP contribution in [0.5, 0.6) is 0 Å². The summed E-state index contributed by atoms with van der Waals surface area (Å²) in [5.74, 6) is 0.779. The van der Waals surface area contributed by atoms with Crippen molar-refractivity contribution >= 4 is 0 Å². The van der Waals surface area contributed by atoms with Gasteiger partial charge in [-0.2, -0.15) is 0 Å². The van der Waals surface area contributed by atoms with Gasteiger partial charge in [0.2, 0.25) is 0 Å². The average molecular weight is 228 g/mol. The smallest absolute Gasteiger partial charge is 0.0756 e. The number of hydrogen-bond donors (Lipinski definition) is 2. The highest BCUT2D eigenvalue weighted by molar-refractivity contribution is 4.86. The van der Waals surface area contributed by atoms with E-state index in [4.69, 9.17) is 5.73 Å². The quantitative estimate of drug-likeness (QED) is 0.768. The molecule has 0 radical (unpaired) electrons. The van der Waals surface area contributed by atoms with Gasteiger partial charge in [0, 0.05) is 25.2 Å². The summed E-state index contributed by atoms with van der Waals surface area (Å²) < 4.78 is 0. The summed E-state index contributed by atoms with van der Waals surface area (Å²) >= 11 is 0. The van der Waals surface area contributed by atoms with Gasteiger partial charge in [-0.15, -0.1) is 0 Å². The molecule has 3 heteroatoms. The Balaban J connectivity index is 2.54. The monoisotopic (exact) mass is 228 g/mol. The third kappa shape index (κ3) is 3.72. The second-order valence-corrected chi connectivity index (χ2v) is 5.98. The van der Waals surface area contributed by atoms with Gasteiger partial charge in [0.05, 0.1) is 5.60 Å². The minimum Gasteiger partial charge on any atom is -0.389 e. The number of likely N-dealkylation sites (tertiary alicyclic amines) is 1. The Hall–Kier alpha value is -0.120. The molecule has 0 aromatic rings. The van der Waals surface area contributed by atoms with E-state index >= 15 is 0 Å². The van der Waals surface area contributed by atoms with Crippen LogP contribution in [0.1, 0.15) is 47.0 Å². The van der Waals surface area contributed by atoms with Crippen LogP contribution in [0.15, 0.2) is 0 Å². The van der Waals surface area contributed by atoms with E-state index < -0.39 is 5.60 Å². The van der Waals surface area contributed by atoms with Crippen LogP contribution >= 0.6 is 0 Å². The zero-order chi connectivity index (χ0) is 12.3. The first kappa shape index (κ1) is 13.9. The maximum atomic E-state index is 10.0. The predicted octanol–water partition coefficient (Wildman–Crippen LogP) is 1.60. The van der Waals surface area contributed by atoms with E-state index in [1.807, 2.05) is 6.92 Å². The fourth-order valence-corrected chi connectivity index (χ4v) is 2.77. The molecule has 1 saturated heterocycles. The summed E-state index contributed by atoms with van der Waals surface area (Å²) in [7, 11) is 0. The minimum absolute atomic E-state index is 0.342. The minimum atomic E-state index is -0.722. The second kappa shape index (κ2) is 5.48. The number of nitrogens with two attached hydrogens (primary N) is 1. The van der Waals surface area contributed by atoms with E-state index in [2.05, 4.69) is 25.7 Å². The van der Waals surface area contributed by atoms with E-state index in [1.165, 1.54) is 12.8 Å². The summed E-state index contributed by atoms with van der Waals surface area (Å²) in [5.41, 5.74) is 4.86.